The van der Waals surface area contributed by atoms with Gasteiger partial charge in [-0.05, 0) is 43.4 Å². The molecule has 23 heavy (non-hydrogen) atoms. The molecule has 0 aliphatic carbocycles. The topological polar surface area (TPSA) is 55.8 Å². The van der Waals surface area contributed by atoms with Crippen LogP contribution in [0, 0.1) is 0 Å². The fourth-order valence-corrected chi connectivity index (χ4v) is 3.75. The number of hydrogen-bond donors (Lipinski definition) is 2. The molecular weight excluding hydrogens is 314 g/mol. The largest absolute Gasteiger partial charge is 0.465 e. The van der Waals surface area contributed by atoms with E-state index in [0.717, 1.165) is 31.1 Å². The van der Waals surface area contributed by atoms with E-state index in [4.69, 9.17) is 11.6 Å². The number of amides is 1. The van der Waals surface area contributed by atoms with Crippen molar-refractivity contribution in [3.05, 3.63) is 28.8 Å². The Kier molecular flexibility index (Phi) is 5.28. The van der Waals surface area contributed by atoms with Crippen molar-refractivity contribution in [3.63, 3.8) is 0 Å². The molecule has 6 heteroatoms. The number of benzene rings is 1. The van der Waals surface area contributed by atoms with Crippen molar-refractivity contribution < 1.29 is 9.90 Å². The Labute approximate surface area is 142 Å². The summed E-state index contributed by atoms with van der Waals surface area (Å²) in [7, 11) is 0. The van der Waals surface area contributed by atoms with Crippen molar-refractivity contribution in [1.29, 1.82) is 0 Å². The van der Waals surface area contributed by atoms with Crippen LogP contribution < -0.4 is 10.2 Å². The minimum atomic E-state index is -0.829. The van der Waals surface area contributed by atoms with Gasteiger partial charge >= 0.3 is 6.09 Å². The third kappa shape index (κ3) is 3.90. The predicted molar refractivity (Wildman–Crippen MR) is 92.6 cm³/mol. The standard InChI is InChI=1S/C17H24ClN3O2/c18-14-5-4-13(16(11-14)20-7-2-1-3-8-20)10-15-12-19-6-9-21(15)17(22)23/h4-5,11,15,19H,1-3,6-10,12H2,(H,22,23). The molecule has 1 atom stereocenters. The normalized spacial score (nSPS) is 22.2. The molecule has 1 aromatic carbocycles. The van der Waals surface area contributed by atoms with Gasteiger partial charge in [0.15, 0.2) is 0 Å². The number of rotatable bonds is 3. The second-order valence-corrected chi connectivity index (χ2v) is 6.80. The zero-order valence-electron chi connectivity index (χ0n) is 13.3. The fraction of sp³-hybridized carbons (Fsp3) is 0.588. The van der Waals surface area contributed by atoms with Crippen molar-refractivity contribution in [2.24, 2.45) is 0 Å². The van der Waals surface area contributed by atoms with Gasteiger partial charge in [-0.15, -0.1) is 0 Å². The third-order valence-electron chi connectivity index (χ3n) is 4.80. The van der Waals surface area contributed by atoms with Crippen LogP contribution in [-0.4, -0.2) is 54.9 Å². The van der Waals surface area contributed by atoms with E-state index in [1.165, 1.54) is 30.5 Å². The maximum Gasteiger partial charge on any atom is 0.407 e. The minimum absolute atomic E-state index is 0.0223. The first kappa shape index (κ1) is 16.4. The van der Waals surface area contributed by atoms with Crippen LogP contribution in [0.25, 0.3) is 0 Å². The van der Waals surface area contributed by atoms with Crippen LogP contribution >= 0.6 is 11.6 Å². The molecule has 1 unspecified atom stereocenters. The maximum absolute atomic E-state index is 11.5. The number of hydrogen-bond acceptors (Lipinski definition) is 3. The van der Waals surface area contributed by atoms with Gasteiger partial charge in [0.2, 0.25) is 0 Å². The number of halogens is 1. The van der Waals surface area contributed by atoms with E-state index in [-0.39, 0.29) is 6.04 Å². The molecular formula is C17H24ClN3O2. The van der Waals surface area contributed by atoms with Crippen LogP contribution in [0.3, 0.4) is 0 Å². The summed E-state index contributed by atoms with van der Waals surface area (Å²) in [5, 5.41) is 13.5. The number of piperidine rings is 1. The Bertz CT molecular complexity index is 561. The van der Waals surface area contributed by atoms with Crippen molar-refractivity contribution >= 4 is 23.4 Å². The molecule has 0 saturated carbocycles. The highest BCUT2D eigenvalue weighted by molar-refractivity contribution is 6.30. The maximum atomic E-state index is 11.5. The number of nitrogens with one attached hydrogen (secondary N) is 1. The van der Waals surface area contributed by atoms with Gasteiger partial charge in [0.25, 0.3) is 0 Å². The van der Waals surface area contributed by atoms with Gasteiger partial charge in [-0.2, -0.15) is 0 Å². The number of carbonyl (C=O) groups is 1. The monoisotopic (exact) mass is 337 g/mol. The molecule has 0 radical (unpaired) electrons. The van der Waals surface area contributed by atoms with E-state index in [9.17, 15) is 9.90 Å². The number of nitrogens with zero attached hydrogens (tertiary/aromatic N) is 2. The lowest BCUT2D eigenvalue weighted by Crippen LogP contribution is -2.54. The Balaban J connectivity index is 1.82. The molecule has 2 heterocycles. The van der Waals surface area contributed by atoms with E-state index in [1.54, 1.807) is 4.90 Å². The summed E-state index contributed by atoms with van der Waals surface area (Å²) in [6, 6.07) is 5.97. The molecule has 2 saturated heterocycles. The van der Waals surface area contributed by atoms with E-state index in [0.29, 0.717) is 13.1 Å². The first-order valence-electron chi connectivity index (χ1n) is 8.39. The molecule has 1 amide bonds. The molecule has 0 bridgehead atoms. The van der Waals surface area contributed by atoms with Crippen molar-refractivity contribution in [1.82, 2.24) is 10.2 Å². The van der Waals surface area contributed by atoms with Gasteiger partial charge in [-0.3, -0.25) is 0 Å². The summed E-state index contributed by atoms with van der Waals surface area (Å²) in [5.41, 5.74) is 2.37. The molecule has 2 fully saturated rings. The van der Waals surface area contributed by atoms with Gasteiger partial charge in [0, 0.05) is 43.4 Å². The Morgan fingerprint density at radius 2 is 2.04 bits per heavy atom. The minimum Gasteiger partial charge on any atom is -0.465 e. The van der Waals surface area contributed by atoms with Crippen LogP contribution in [0.4, 0.5) is 10.5 Å². The molecule has 126 valence electrons. The lowest BCUT2D eigenvalue weighted by atomic mass is 9.99. The Morgan fingerprint density at radius 1 is 1.26 bits per heavy atom. The number of anilines is 1. The van der Waals surface area contributed by atoms with Crippen molar-refractivity contribution in [2.45, 2.75) is 31.7 Å². The van der Waals surface area contributed by atoms with E-state index >= 15 is 0 Å². The SMILES string of the molecule is O=C(O)N1CCNCC1Cc1ccc(Cl)cc1N1CCCCC1. The van der Waals surface area contributed by atoms with Gasteiger partial charge in [-0.1, -0.05) is 17.7 Å². The lowest BCUT2D eigenvalue weighted by Gasteiger charge is -2.36. The van der Waals surface area contributed by atoms with Crippen LogP contribution in [0.5, 0.6) is 0 Å². The van der Waals surface area contributed by atoms with Gasteiger partial charge < -0.3 is 20.2 Å². The smallest absolute Gasteiger partial charge is 0.407 e. The highest BCUT2D eigenvalue weighted by atomic mass is 35.5. The molecule has 1 aromatic rings. The lowest BCUT2D eigenvalue weighted by molar-refractivity contribution is 0.112. The summed E-state index contributed by atoms with van der Waals surface area (Å²) in [6.45, 7) is 4.08. The fourth-order valence-electron chi connectivity index (χ4n) is 3.59. The van der Waals surface area contributed by atoms with E-state index in [1.807, 2.05) is 12.1 Å². The first-order chi connectivity index (χ1) is 11.1. The predicted octanol–water partition coefficient (Wildman–Crippen LogP) is 2.82. The van der Waals surface area contributed by atoms with E-state index in [2.05, 4.69) is 16.3 Å². The number of piperazine rings is 1. The van der Waals surface area contributed by atoms with Gasteiger partial charge in [-0.25, -0.2) is 4.79 Å². The average molecular weight is 338 g/mol. The second kappa shape index (κ2) is 7.41. The van der Waals surface area contributed by atoms with Crippen LogP contribution in [0.1, 0.15) is 24.8 Å². The molecule has 0 aromatic heterocycles. The Morgan fingerprint density at radius 3 is 2.78 bits per heavy atom. The van der Waals surface area contributed by atoms with Crippen LogP contribution in [-0.2, 0) is 6.42 Å². The highest BCUT2D eigenvalue weighted by Crippen LogP contribution is 2.29. The van der Waals surface area contributed by atoms with Crippen LogP contribution in [0.15, 0.2) is 18.2 Å². The van der Waals surface area contributed by atoms with E-state index < -0.39 is 6.09 Å². The summed E-state index contributed by atoms with van der Waals surface area (Å²) in [5.74, 6) is 0. The quantitative estimate of drug-likeness (QED) is 0.890. The summed E-state index contributed by atoms with van der Waals surface area (Å²) >= 11 is 6.21. The van der Waals surface area contributed by atoms with Crippen molar-refractivity contribution in [2.75, 3.05) is 37.6 Å². The zero-order chi connectivity index (χ0) is 16.2. The molecule has 0 spiro atoms. The van der Waals surface area contributed by atoms with Crippen molar-refractivity contribution in [3.8, 4) is 0 Å². The van der Waals surface area contributed by atoms with Gasteiger partial charge in [0.1, 0.15) is 0 Å². The molecule has 3 rings (SSSR count). The average Bonchev–Trinajstić information content (AvgIpc) is 2.57. The molecule has 2 aliphatic heterocycles. The first-order valence-corrected chi connectivity index (χ1v) is 8.76. The summed E-state index contributed by atoms with van der Waals surface area (Å²) in [6.07, 6.45) is 3.59. The Hall–Kier alpha value is -1.46. The molecule has 2 N–H and O–H groups in total. The summed E-state index contributed by atoms with van der Waals surface area (Å²) in [4.78, 5) is 15.4. The molecule has 2 aliphatic rings. The highest BCUT2D eigenvalue weighted by Gasteiger charge is 2.27. The third-order valence-corrected chi connectivity index (χ3v) is 5.03. The van der Waals surface area contributed by atoms with Gasteiger partial charge in [0.05, 0.1) is 6.04 Å². The number of carboxylic acid groups (broad SMARTS) is 1. The molecule has 5 nitrogen and oxygen atoms in total. The second-order valence-electron chi connectivity index (χ2n) is 6.36. The van der Waals surface area contributed by atoms with Crippen LogP contribution in [0.2, 0.25) is 5.02 Å². The zero-order valence-corrected chi connectivity index (χ0v) is 14.1. The summed E-state index contributed by atoms with van der Waals surface area (Å²) < 4.78 is 0.